The van der Waals surface area contributed by atoms with Crippen LogP contribution in [0.4, 0.5) is 5.69 Å². The van der Waals surface area contributed by atoms with E-state index in [1.165, 1.54) is 24.3 Å². The molecule has 3 aromatic rings. The molecule has 0 aliphatic carbocycles. The SMILES string of the molecule is Cc1ccc([C@@H](NC(=O)COc2ccc([N+](=O)[O-])cc2)c2cccs2)cc1. The van der Waals surface area contributed by atoms with Crippen molar-refractivity contribution in [2.75, 3.05) is 6.61 Å². The standard InChI is InChI=1S/C20H18N2O4S/c1-14-4-6-15(7-5-14)20(18-3-2-12-27-18)21-19(23)13-26-17-10-8-16(9-11-17)22(24)25/h2-12,20H,13H2,1H3,(H,21,23)/t20-/m1/s1. The molecule has 138 valence electrons. The van der Waals surface area contributed by atoms with Crippen LogP contribution in [0.15, 0.2) is 66.0 Å². The highest BCUT2D eigenvalue weighted by Gasteiger charge is 2.18. The predicted molar refractivity (Wildman–Crippen MR) is 104 cm³/mol. The highest BCUT2D eigenvalue weighted by molar-refractivity contribution is 7.10. The van der Waals surface area contributed by atoms with E-state index in [2.05, 4.69) is 5.32 Å². The number of nitrogens with zero attached hydrogens (tertiary/aromatic N) is 1. The minimum Gasteiger partial charge on any atom is -0.484 e. The Bertz CT molecular complexity index is 906. The fourth-order valence-corrected chi connectivity index (χ4v) is 3.35. The lowest BCUT2D eigenvalue weighted by atomic mass is 10.0. The molecule has 0 aliphatic heterocycles. The number of amides is 1. The second-order valence-corrected chi connectivity index (χ2v) is 6.95. The molecule has 0 fully saturated rings. The van der Waals surface area contributed by atoms with Crippen molar-refractivity contribution in [3.63, 3.8) is 0 Å². The number of nitro groups is 1. The second-order valence-electron chi connectivity index (χ2n) is 5.97. The van der Waals surface area contributed by atoms with Crippen LogP contribution >= 0.6 is 11.3 Å². The fourth-order valence-electron chi connectivity index (χ4n) is 2.55. The lowest BCUT2D eigenvalue weighted by Crippen LogP contribution is -2.32. The summed E-state index contributed by atoms with van der Waals surface area (Å²) >= 11 is 1.57. The highest BCUT2D eigenvalue weighted by atomic mass is 32.1. The first-order valence-corrected chi connectivity index (χ1v) is 9.17. The number of aryl methyl sites for hydroxylation is 1. The average Bonchev–Trinajstić information content (AvgIpc) is 3.20. The van der Waals surface area contributed by atoms with Crippen LogP contribution in [0.1, 0.15) is 22.0 Å². The average molecular weight is 382 g/mol. The highest BCUT2D eigenvalue weighted by Crippen LogP contribution is 2.26. The zero-order valence-electron chi connectivity index (χ0n) is 14.6. The van der Waals surface area contributed by atoms with E-state index in [9.17, 15) is 14.9 Å². The first-order chi connectivity index (χ1) is 13.0. The van der Waals surface area contributed by atoms with Crippen LogP contribution in [0.3, 0.4) is 0 Å². The number of carbonyl (C=O) groups is 1. The van der Waals surface area contributed by atoms with Crippen molar-refractivity contribution in [1.29, 1.82) is 0 Å². The van der Waals surface area contributed by atoms with Crippen LogP contribution in [-0.4, -0.2) is 17.4 Å². The van der Waals surface area contributed by atoms with Gasteiger partial charge in [-0.3, -0.25) is 14.9 Å². The van der Waals surface area contributed by atoms with Crippen molar-refractivity contribution in [3.8, 4) is 5.75 Å². The molecular weight excluding hydrogens is 364 g/mol. The maximum absolute atomic E-state index is 12.4. The molecule has 1 aromatic heterocycles. The summed E-state index contributed by atoms with van der Waals surface area (Å²) in [6.07, 6.45) is 0. The molecule has 6 nitrogen and oxygen atoms in total. The van der Waals surface area contributed by atoms with Crippen molar-refractivity contribution in [1.82, 2.24) is 5.32 Å². The van der Waals surface area contributed by atoms with Gasteiger partial charge in [-0.15, -0.1) is 11.3 Å². The smallest absolute Gasteiger partial charge is 0.269 e. The van der Waals surface area contributed by atoms with E-state index < -0.39 is 4.92 Å². The molecule has 7 heteroatoms. The lowest BCUT2D eigenvalue weighted by molar-refractivity contribution is -0.384. The van der Waals surface area contributed by atoms with Crippen molar-refractivity contribution < 1.29 is 14.5 Å². The molecule has 3 rings (SSSR count). The Balaban J connectivity index is 1.66. The third-order valence-corrected chi connectivity index (χ3v) is 4.90. The van der Waals surface area contributed by atoms with Gasteiger partial charge < -0.3 is 10.1 Å². The molecule has 1 heterocycles. The van der Waals surface area contributed by atoms with Crippen molar-refractivity contribution in [2.45, 2.75) is 13.0 Å². The Morgan fingerprint density at radius 3 is 2.44 bits per heavy atom. The summed E-state index contributed by atoms with van der Waals surface area (Å²) < 4.78 is 5.44. The zero-order chi connectivity index (χ0) is 19.2. The van der Waals surface area contributed by atoms with Crippen molar-refractivity contribution in [2.24, 2.45) is 0 Å². The fraction of sp³-hybridized carbons (Fsp3) is 0.150. The van der Waals surface area contributed by atoms with Crippen molar-refractivity contribution >= 4 is 22.9 Å². The Hall–Kier alpha value is -3.19. The first kappa shape index (κ1) is 18.6. The molecule has 0 saturated carbocycles. The summed E-state index contributed by atoms with van der Waals surface area (Å²) in [6.45, 7) is 1.84. The van der Waals surface area contributed by atoms with Gasteiger partial charge in [0, 0.05) is 17.0 Å². The summed E-state index contributed by atoms with van der Waals surface area (Å²) in [5.41, 5.74) is 2.12. The summed E-state index contributed by atoms with van der Waals surface area (Å²) in [5.74, 6) is 0.131. The summed E-state index contributed by atoms with van der Waals surface area (Å²) in [4.78, 5) is 23.6. The third-order valence-electron chi connectivity index (χ3n) is 3.96. The number of nitro benzene ring substituents is 1. The van der Waals surface area contributed by atoms with Crippen LogP contribution in [0.5, 0.6) is 5.75 Å². The van der Waals surface area contributed by atoms with E-state index in [-0.39, 0.29) is 24.2 Å². The lowest BCUT2D eigenvalue weighted by Gasteiger charge is -2.18. The molecule has 27 heavy (non-hydrogen) atoms. The molecule has 1 atom stereocenters. The maximum atomic E-state index is 12.4. The Morgan fingerprint density at radius 2 is 1.85 bits per heavy atom. The molecule has 1 amide bonds. The quantitative estimate of drug-likeness (QED) is 0.489. The molecule has 0 unspecified atom stereocenters. The Labute approximate surface area is 160 Å². The van der Waals surface area contributed by atoms with E-state index in [0.29, 0.717) is 5.75 Å². The minimum absolute atomic E-state index is 0.0241. The summed E-state index contributed by atoms with van der Waals surface area (Å²) in [7, 11) is 0. The van der Waals surface area contributed by atoms with Crippen LogP contribution in [0.25, 0.3) is 0 Å². The topological polar surface area (TPSA) is 81.5 Å². The second kappa shape index (κ2) is 8.46. The maximum Gasteiger partial charge on any atom is 0.269 e. The normalized spacial score (nSPS) is 11.6. The van der Waals surface area contributed by atoms with Gasteiger partial charge in [-0.05, 0) is 36.1 Å². The molecule has 2 aromatic carbocycles. The molecule has 0 radical (unpaired) electrons. The third kappa shape index (κ3) is 4.92. The molecule has 0 aliphatic rings. The van der Waals surface area contributed by atoms with E-state index in [1.54, 1.807) is 11.3 Å². The zero-order valence-corrected chi connectivity index (χ0v) is 15.4. The number of hydrogen-bond donors (Lipinski definition) is 1. The van der Waals surface area contributed by atoms with Gasteiger partial charge in [0.25, 0.3) is 11.6 Å². The first-order valence-electron chi connectivity index (χ1n) is 8.29. The largest absolute Gasteiger partial charge is 0.484 e. The van der Waals surface area contributed by atoms with Gasteiger partial charge in [0.1, 0.15) is 5.75 Å². The van der Waals surface area contributed by atoms with Gasteiger partial charge in [0.2, 0.25) is 0 Å². The van der Waals surface area contributed by atoms with Gasteiger partial charge in [-0.1, -0.05) is 35.9 Å². The van der Waals surface area contributed by atoms with Crippen molar-refractivity contribution in [3.05, 3.63) is 92.2 Å². The number of rotatable bonds is 7. The Kier molecular flexibility index (Phi) is 5.83. The molecular formula is C20H18N2O4S. The monoisotopic (exact) mass is 382 g/mol. The van der Waals surface area contributed by atoms with Gasteiger partial charge >= 0.3 is 0 Å². The number of ether oxygens (including phenoxy) is 1. The predicted octanol–water partition coefficient (Wildman–Crippen LogP) is 4.25. The van der Waals surface area contributed by atoms with Crippen LogP contribution < -0.4 is 10.1 Å². The number of non-ortho nitro benzene ring substituents is 1. The minimum atomic E-state index is -0.482. The van der Waals surface area contributed by atoms with Gasteiger partial charge in [0.05, 0.1) is 11.0 Å². The summed E-state index contributed by atoms with van der Waals surface area (Å²) in [5, 5.41) is 15.6. The van der Waals surface area contributed by atoms with E-state index in [4.69, 9.17) is 4.74 Å². The molecule has 0 spiro atoms. The molecule has 0 saturated heterocycles. The number of benzene rings is 2. The number of carbonyl (C=O) groups excluding carboxylic acids is 1. The van der Waals surface area contributed by atoms with E-state index in [0.717, 1.165) is 16.0 Å². The van der Waals surface area contributed by atoms with Gasteiger partial charge in [0.15, 0.2) is 6.61 Å². The Morgan fingerprint density at radius 1 is 1.15 bits per heavy atom. The van der Waals surface area contributed by atoms with Gasteiger partial charge in [-0.2, -0.15) is 0 Å². The molecule has 0 bridgehead atoms. The van der Waals surface area contributed by atoms with E-state index >= 15 is 0 Å². The van der Waals surface area contributed by atoms with Gasteiger partial charge in [-0.25, -0.2) is 0 Å². The van der Waals surface area contributed by atoms with E-state index in [1.807, 2.05) is 48.7 Å². The van der Waals surface area contributed by atoms with Crippen LogP contribution in [0.2, 0.25) is 0 Å². The number of thiophene rings is 1. The van der Waals surface area contributed by atoms with Crippen LogP contribution in [-0.2, 0) is 4.79 Å². The number of hydrogen-bond acceptors (Lipinski definition) is 5. The number of nitrogens with one attached hydrogen (secondary N) is 1. The van der Waals surface area contributed by atoms with Crippen LogP contribution in [0, 0.1) is 17.0 Å². The molecule has 1 N–H and O–H groups in total. The summed E-state index contributed by atoms with van der Waals surface area (Å²) in [6, 6.07) is 17.3.